The molecular weight excluding hydrogens is 414 g/mol. The van der Waals surface area contributed by atoms with Gasteiger partial charge in [-0.3, -0.25) is 4.79 Å². The molecule has 2 aromatic carbocycles. The van der Waals surface area contributed by atoms with Crippen LogP contribution in [0.1, 0.15) is 31.4 Å². The number of aromatic nitrogens is 4. The molecule has 1 N–H and O–H groups in total. The number of hydrogen-bond donors (Lipinski definition) is 1. The second kappa shape index (κ2) is 11.5. The van der Waals surface area contributed by atoms with E-state index >= 15 is 0 Å². The predicted molar refractivity (Wildman–Crippen MR) is 119 cm³/mol. The van der Waals surface area contributed by atoms with Gasteiger partial charge in [-0.25, -0.2) is 0 Å². The van der Waals surface area contributed by atoms with Crippen LogP contribution in [0.5, 0.6) is 5.75 Å². The van der Waals surface area contributed by atoms with Crippen molar-refractivity contribution in [1.29, 1.82) is 0 Å². The number of unbranched alkanes of at least 4 members (excludes halogenated alkanes) is 1. The summed E-state index contributed by atoms with van der Waals surface area (Å²) in [6, 6.07) is 17.2. The molecular formula is C22H27N5O3S. The zero-order valence-electron chi connectivity index (χ0n) is 17.7. The minimum atomic E-state index is -0.715. The Hall–Kier alpha value is -2.91. The molecule has 8 nitrogen and oxygen atoms in total. The molecule has 0 aliphatic heterocycles. The van der Waals surface area contributed by atoms with Crippen LogP contribution in [0.3, 0.4) is 0 Å². The van der Waals surface area contributed by atoms with E-state index in [-0.39, 0.29) is 12.5 Å². The molecule has 0 unspecified atom stereocenters. The van der Waals surface area contributed by atoms with Crippen LogP contribution in [-0.4, -0.2) is 62.1 Å². The van der Waals surface area contributed by atoms with Crippen molar-refractivity contribution in [2.24, 2.45) is 0 Å². The largest absolute Gasteiger partial charge is 0.494 e. The highest BCUT2D eigenvalue weighted by Gasteiger charge is 2.12. The van der Waals surface area contributed by atoms with Crippen LogP contribution in [0.15, 0.2) is 59.8 Å². The first-order valence-corrected chi connectivity index (χ1v) is 11.1. The van der Waals surface area contributed by atoms with Gasteiger partial charge in [0.25, 0.3) is 0 Å². The van der Waals surface area contributed by atoms with E-state index in [4.69, 9.17) is 4.74 Å². The average molecular weight is 442 g/mol. The lowest BCUT2D eigenvalue weighted by atomic mass is 10.1. The number of aliphatic hydroxyl groups excluding tert-OH is 1. The lowest BCUT2D eigenvalue weighted by molar-refractivity contribution is -0.128. The number of rotatable bonds is 11. The number of amides is 1. The van der Waals surface area contributed by atoms with Crippen LogP contribution >= 0.6 is 11.8 Å². The highest BCUT2D eigenvalue weighted by Crippen LogP contribution is 2.21. The number of benzene rings is 2. The van der Waals surface area contributed by atoms with E-state index in [1.54, 1.807) is 23.5 Å². The molecule has 1 heterocycles. The number of carbonyl (C=O) groups is 1. The Morgan fingerprint density at radius 1 is 1.16 bits per heavy atom. The molecule has 0 fully saturated rings. The van der Waals surface area contributed by atoms with Gasteiger partial charge in [-0.15, -0.1) is 5.10 Å². The van der Waals surface area contributed by atoms with Crippen molar-refractivity contribution in [2.45, 2.75) is 31.0 Å². The lowest BCUT2D eigenvalue weighted by Crippen LogP contribution is -2.28. The first-order chi connectivity index (χ1) is 15.0. The van der Waals surface area contributed by atoms with Crippen molar-refractivity contribution in [3.05, 3.63) is 60.2 Å². The molecule has 1 aromatic heterocycles. The molecule has 164 valence electrons. The summed E-state index contributed by atoms with van der Waals surface area (Å²) in [4.78, 5) is 12.8. The fourth-order valence-corrected chi connectivity index (χ4v) is 3.73. The minimum Gasteiger partial charge on any atom is -0.494 e. The molecule has 3 aromatic rings. The fourth-order valence-electron chi connectivity index (χ4n) is 2.84. The Balaban J connectivity index is 1.36. The van der Waals surface area contributed by atoms with E-state index in [0.717, 1.165) is 40.8 Å². The van der Waals surface area contributed by atoms with Gasteiger partial charge in [0, 0.05) is 19.7 Å². The van der Waals surface area contributed by atoms with E-state index in [2.05, 4.69) is 15.5 Å². The number of ether oxygens (including phenoxy) is 1. The van der Waals surface area contributed by atoms with Crippen LogP contribution in [0.2, 0.25) is 0 Å². The molecule has 0 spiro atoms. The number of nitrogens with zero attached hydrogens (tertiary/aromatic N) is 5. The third-order valence-corrected chi connectivity index (χ3v) is 5.74. The Morgan fingerprint density at radius 2 is 1.90 bits per heavy atom. The number of likely N-dealkylation sites (N-methyl/N-ethyl adjacent to an activating group) is 1. The van der Waals surface area contributed by atoms with Crippen LogP contribution in [0.4, 0.5) is 0 Å². The quantitative estimate of drug-likeness (QED) is 0.361. The van der Waals surface area contributed by atoms with Gasteiger partial charge in [0.15, 0.2) is 0 Å². The Kier molecular flexibility index (Phi) is 8.43. The van der Waals surface area contributed by atoms with Gasteiger partial charge in [-0.1, -0.05) is 42.1 Å². The number of thioether (sulfide) groups is 1. The smallest absolute Gasteiger partial charge is 0.219 e. The van der Waals surface area contributed by atoms with E-state index in [1.165, 1.54) is 11.8 Å². The van der Waals surface area contributed by atoms with Gasteiger partial charge in [-0.2, -0.15) is 4.68 Å². The Bertz CT molecular complexity index is 949. The maximum atomic E-state index is 11.3. The molecule has 1 atom stereocenters. The van der Waals surface area contributed by atoms with E-state index in [9.17, 15) is 9.90 Å². The summed E-state index contributed by atoms with van der Waals surface area (Å²) in [5.74, 6) is 1.58. The van der Waals surface area contributed by atoms with Crippen molar-refractivity contribution in [3.8, 4) is 11.4 Å². The molecule has 0 aliphatic carbocycles. The standard InChI is InChI=1S/C22H27N5O3S/c1-17(28)26(2)16-21(29)18-10-12-20(13-11-18)30-14-6-7-15-31-22-23-24-25-27(22)19-8-4-3-5-9-19/h3-5,8-13,21,29H,6-7,14-16H2,1-2H3/t21-/m0/s1. The van der Waals surface area contributed by atoms with Crippen molar-refractivity contribution < 1.29 is 14.6 Å². The number of para-hydroxylation sites is 1. The third-order valence-electron chi connectivity index (χ3n) is 4.73. The number of carbonyl (C=O) groups excluding carboxylic acids is 1. The fraction of sp³-hybridized carbons (Fsp3) is 0.364. The second-order valence-corrected chi connectivity index (χ2v) is 8.16. The summed E-state index contributed by atoms with van der Waals surface area (Å²) in [5.41, 5.74) is 1.70. The molecule has 0 radical (unpaired) electrons. The summed E-state index contributed by atoms with van der Waals surface area (Å²) < 4.78 is 7.53. The predicted octanol–water partition coefficient (Wildman–Crippen LogP) is 3.13. The second-order valence-electron chi connectivity index (χ2n) is 7.10. The molecule has 31 heavy (non-hydrogen) atoms. The molecule has 0 bridgehead atoms. The molecule has 9 heteroatoms. The maximum absolute atomic E-state index is 11.3. The molecule has 1 amide bonds. The normalized spacial score (nSPS) is 11.8. The zero-order chi connectivity index (χ0) is 22.1. The monoisotopic (exact) mass is 441 g/mol. The lowest BCUT2D eigenvalue weighted by Gasteiger charge is -2.19. The zero-order valence-corrected chi connectivity index (χ0v) is 18.5. The van der Waals surface area contributed by atoms with E-state index in [1.807, 2.05) is 54.6 Å². The SMILES string of the molecule is CC(=O)N(C)C[C@H](O)c1ccc(OCCCCSc2nnnn2-c2ccccc2)cc1. The molecule has 0 saturated carbocycles. The summed E-state index contributed by atoms with van der Waals surface area (Å²) in [7, 11) is 1.67. The topological polar surface area (TPSA) is 93.4 Å². The van der Waals surface area contributed by atoms with Crippen LogP contribution in [-0.2, 0) is 4.79 Å². The molecule has 0 saturated heterocycles. The van der Waals surface area contributed by atoms with Crippen molar-refractivity contribution in [1.82, 2.24) is 25.1 Å². The number of hydrogen-bond acceptors (Lipinski definition) is 7. The number of aliphatic hydroxyl groups is 1. The highest BCUT2D eigenvalue weighted by molar-refractivity contribution is 7.99. The van der Waals surface area contributed by atoms with Gasteiger partial charge in [0.05, 0.1) is 24.9 Å². The van der Waals surface area contributed by atoms with Gasteiger partial charge in [0.1, 0.15) is 5.75 Å². The summed E-state index contributed by atoms with van der Waals surface area (Å²) >= 11 is 1.62. The van der Waals surface area contributed by atoms with Crippen molar-refractivity contribution in [3.63, 3.8) is 0 Å². The Labute approximate surface area is 186 Å². The van der Waals surface area contributed by atoms with Gasteiger partial charge in [-0.05, 0) is 53.1 Å². The summed E-state index contributed by atoms with van der Waals surface area (Å²) in [5, 5.41) is 22.9. The van der Waals surface area contributed by atoms with Gasteiger partial charge >= 0.3 is 0 Å². The van der Waals surface area contributed by atoms with E-state index < -0.39 is 6.10 Å². The Morgan fingerprint density at radius 3 is 2.61 bits per heavy atom. The van der Waals surface area contributed by atoms with Crippen LogP contribution in [0, 0.1) is 0 Å². The van der Waals surface area contributed by atoms with Crippen molar-refractivity contribution in [2.75, 3.05) is 26.0 Å². The minimum absolute atomic E-state index is 0.0752. The summed E-state index contributed by atoms with van der Waals surface area (Å²) in [6.07, 6.45) is 1.17. The number of tetrazole rings is 1. The maximum Gasteiger partial charge on any atom is 0.219 e. The third kappa shape index (κ3) is 6.80. The van der Waals surface area contributed by atoms with Crippen LogP contribution < -0.4 is 4.74 Å². The van der Waals surface area contributed by atoms with Crippen LogP contribution in [0.25, 0.3) is 5.69 Å². The average Bonchev–Trinajstić information content (AvgIpc) is 3.25. The molecule has 0 aliphatic rings. The first kappa shape index (κ1) is 22.8. The van der Waals surface area contributed by atoms with Gasteiger partial charge in [0.2, 0.25) is 11.1 Å². The first-order valence-electron chi connectivity index (χ1n) is 10.1. The highest BCUT2D eigenvalue weighted by atomic mass is 32.2. The van der Waals surface area contributed by atoms with E-state index in [0.29, 0.717) is 6.61 Å². The van der Waals surface area contributed by atoms with Crippen molar-refractivity contribution >= 4 is 17.7 Å². The summed E-state index contributed by atoms with van der Waals surface area (Å²) in [6.45, 7) is 2.35. The molecule has 3 rings (SSSR count). The van der Waals surface area contributed by atoms with Gasteiger partial charge < -0.3 is 14.7 Å².